The standard InChI is InChI=1S/C20H22N2O3/c1-13-5-4-6-14(2)19(13)22-12-15(11-18(22)23)20(24)21-16-7-9-17(25-3)10-8-16/h4-10,15H,11-12H2,1-3H3,(H,21,24)/t15-/m0/s1. The summed E-state index contributed by atoms with van der Waals surface area (Å²) in [5, 5.41) is 2.88. The Bertz CT molecular complexity index is 779. The molecule has 0 saturated carbocycles. The summed E-state index contributed by atoms with van der Waals surface area (Å²) in [4.78, 5) is 26.7. The van der Waals surface area contributed by atoms with Gasteiger partial charge < -0.3 is 15.0 Å². The maximum atomic E-state index is 12.5. The quantitative estimate of drug-likeness (QED) is 0.930. The molecule has 1 N–H and O–H groups in total. The Labute approximate surface area is 147 Å². The van der Waals surface area contributed by atoms with Crippen molar-refractivity contribution in [1.82, 2.24) is 0 Å². The number of anilines is 2. The molecule has 5 heteroatoms. The van der Waals surface area contributed by atoms with Gasteiger partial charge in [-0.3, -0.25) is 9.59 Å². The van der Waals surface area contributed by atoms with Gasteiger partial charge in [0.15, 0.2) is 0 Å². The number of para-hydroxylation sites is 1. The fourth-order valence-corrected chi connectivity index (χ4v) is 3.25. The van der Waals surface area contributed by atoms with E-state index in [0.29, 0.717) is 12.2 Å². The van der Waals surface area contributed by atoms with E-state index >= 15 is 0 Å². The van der Waals surface area contributed by atoms with E-state index in [1.807, 2.05) is 32.0 Å². The van der Waals surface area contributed by atoms with Crippen molar-refractivity contribution in [3.63, 3.8) is 0 Å². The van der Waals surface area contributed by atoms with Crippen LogP contribution in [-0.2, 0) is 9.59 Å². The summed E-state index contributed by atoms with van der Waals surface area (Å²) in [5.41, 5.74) is 3.71. The summed E-state index contributed by atoms with van der Waals surface area (Å²) >= 11 is 0. The Hall–Kier alpha value is -2.82. The van der Waals surface area contributed by atoms with Crippen LogP contribution in [0.2, 0.25) is 0 Å². The zero-order valence-corrected chi connectivity index (χ0v) is 14.7. The highest BCUT2D eigenvalue weighted by Gasteiger charge is 2.36. The van der Waals surface area contributed by atoms with Gasteiger partial charge in [0.2, 0.25) is 11.8 Å². The molecule has 1 aliphatic rings. The smallest absolute Gasteiger partial charge is 0.229 e. The molecule has 2 aromatic carbocycles. The van der Waals surface area contributed by atoms with E-state index in [-0.39, 0.29) is 24.2 Å². The average molecular weight is 338 g/mol. The molecule has 0 spiro atoms. The Balaban J connectivity index is 1.72. The Morgan fingerprint density at radius 2 is 1.76 bits per heavy atom. The highest BCUT2D eigenvalue weighted by atomic mass is 16.5. The summed E-state index contributed by atoms with van der Waals surface area (Å²) < 4.78 is 5.11. The molecule has 2 amide bonds. The largest absolute Gasteiger partial charge is 0.497 e. The fraction of sp³-hybridized carbons (Fsp3) is 0.300. The van der Waals surface area contributed by atoms with Gasteiger partial charge in [-0.15, -0.1) is 0 Å². The minimum atomic E-state index is -0.353. The molecule has 5 nitrogen and oxygen atoms in total. The molecular weight excluding hydrogens is 316 g/mol. The van der Waals surface area contributed by atoms with Crippen LogP contribution in [0.5, 0.6) is 5.75 Å². The maximum absolute atomic E-state index is 12.5. The second-order valence-corrected chi connectivity index (χ2v) is 6.36. The second-order valence-electron chi connectivity index (χ2n) is 6.36. The molecule has 0 radical (unpaired) electrons. The number of carbonyl (C=O) groups excluding carboxylic acids is 2. The number of ether oxygens (including phenoxy) is 1. The van der Waals surface area contributed by atoms with Gasteiger partial charge in [-0.05, 0) is 49.2 Å². The zero-order chi connectivity index (χ0) is 18.0. The van der Waals surface area contributed by atoms with Crippen molar-refractivity contribution in [2.75, 3.05) is 23.9 Å². The number of carbonyl (C=O) groups is 2. The number of benzene rings is 2. The van der Waals surface area contributed by atoms with Gasteiger partial charge in [0.25, 0.3) is 0 Å². The van der Waals surface area contributed by atoms with Crippen LogP contribution in [0.3, 0.4) is 0 Å². The van der Waals surface area contributed by atoms with Gasteiger partial charge in [0, 0.05) is 24.3 Å². The summed E-state index contributed by atoms with van der Waals surface area (Å²) in [7, 11) is 1.60. The molecule has 3 rings (SSSR count). The molecule has 1 atom stereocenters. The molecule has 1 aliphatic heterocycles. The van der Waals surface area contributed by atoms with Crippen molar-refractivity contribution in [2.24, 2.45) is 5.92 Å². The van der Waals surface area contributed by atoms with Gasteiger partial charge in [0.1, 0.15) is 5.75 Å². The van der Waals surface area contributed by atoms with Crippen LogP contribution in [0.25, 0.3) is 0 Å². The topological polar surface area (TPSA) is 58.6 Å². The Morgan fingerprint density at radius 3 is 2.36 bits per heavy atom. The monoisotopic (exact) mass is 338 g/mol. The van der Waals surface area contributed by atoms with Crippen LogP contribution in [0.4, 0.5) is 11.4 Å². The van der Waals surface area contributed by atoms with E-state index in [0.717, 1.165) is 22.6 Å². The number of nitrogens with zero attached hydrogens (tertiary/aromatic N) is 1. The minimum Gasteiger partial charge on any atom is -0.497 e. The van der Waals surface area contributed by atoms with Gasteiger partial charge in [-0.25, -0.2) is 0 Å². The minimum absolute atomic E-state index is 0.00715. The molecule has 1 heterocycles. The van der Waals surface area contributed by atoms with Gasteiger partial charge in [0.05, 0.1) is 13.0 Å². The number of hydrogen-bond donors (Lipinski definition) is 1. The molecule has 1 fully saturated rings. The first-order valence-electron chi connectivity index (χ1n) is 8.31. The van der Waals surface area contributed by atoms with Gasteiger partial charge >= 0.3 is 0 Å². The fourth-order valence-electron chi connectivity index (χ4n) is 3.25. The average Bonchev–Trinajstić information content (AvgIpc) is 2.97. The summed E-state index contributed by atoms with van der Waals surface area (Å²) in [5.74, 6) is 0.239. The lowest BCUT2D eigenvalue weighted by Gasteiger charge is -2.21. The van der Waals surface area contributed by atoms with Crippen molar-refractivity contribution < 1.29 is 14.3 Å². The highest BCUT2D eigenvalue weighted by molar-refractivity contribution is 6.04. The summed E-state index contributed by atoms with van der Waals surface area (Å²) in [6.07, 6.45) is 0.232. The van der Waals surface area contributed by atoms with Crippen molar-refractivity contribution in [3.05, 3.63) is 53.6 Å². The lowest BCUT2D eigenvalue weighted by atomic mass is 10.1. The first-order chi connectivity index (χ1) is 12.0. The first kappa shape index (κ1) is 17.0. The third kappa shape index (κ3) is 3.50. The zero-order valence-electron chi connectivity index (χ0n) is 14.7. The van der Waals surface area contributed by atoms with E-state index in [1.54, 1.807) is 36.3 Å². The molecule has 2 aromatic rings. The third-order valence-corrected chi connectivity index (χ3v) is 4.56. The Kier molecular flexibility index (Phi) is 4.74. The van der Waals surface area contributed by atoms with E-state index in [1.165, 1.54) is 0 Å². The molecule has 0 bridgehead atoms. The van der Waals surface area contributed by atoms with Crippen molar-refractivity contribution in [1.29, 1.82) is 0 Å². The number of amides is 2. The molecule has 0 aliphatic carbocycles. The van der Waals surface area contributed by atoms with Gasteiger partial charge in [-0.2, -0.15) is 0 Å². The van der Waals surface area contributed by atoms with E-state index in [9.17, 15) is 9.59 Å². The summed E-state index contributed by atoms with van der Waals surface area (Å²) in [6.45, 7) is 4.38. The first-order valence-corrected chi connectivity index (χ1v) is 8.31. The Morgan fingerprint density at radius 1 is 1.12 bits per heavy atom. The molecule has 1 saturated heterocycles. The molecule has 0 aromatic heterocycles. The number of nitrogens with one attached hydrogen (secondary N) is 1. The van der Waals surface area contributed by atoms with Crippen LogP contribution >= 0.6 is 0 Å². The van der Waals surface area contributed by atoms with Crippen molar-refractivity contribution in [2.45, 2.75) is 20.3 Å². The number of methoxy groups -OCH3 is 1. The second kappa shape index (κ2) is 6.97. The normalized spacial score (nSPS) is 16.8. The molecule has 25 heavy (non-hydrogen) atoms. The van der Waals surface area contributed by atoms with Crippen molar-refractivity contribution in [3.8, 4) is 5.75 Å². The summed E-state index contributed by atoms with van der Waals surface area (Å²) in [6, 6.07) is 13.1. The number of rotatable bonds is 4. The predicted molar refractivity (Wildman–Crippen MR) is 98.0 cm³/mol. The van der Waals surface area contributed by atoms with Crippen LogP contribution in [-0.4, -0.2) is 25.5 Å². The van der Waals surface area contributed by atoms with Crippen LogP contribution < -0.4 is 15.0 Å². The SMILES string of the molecule is COc1ccc(NC(=O)[C@H]2CC(=O)N(c3c(C)cccc3C)C2)cc1. The van der Waals surface area contributed by atoms with Crippen LogP contribution in [0.15, 0.2) is 42.5 Å². The lowest BCUT2D eigenvalue weighted by molar-refractivity contribution is -0.122. The van der Waals surface area contributed by atoms with E-state index in [4.69, 9.17) is 4.74 Å². The highest BCUT2D eigenvalue weighted by Crippen LogP contribution is 2.31. The third-order valence-electron chi connectivity index (χ3n) is 4.56. The maximum Gasteiger partial charge on any atom is 0.229 e. The number of hydrogen-bond acceptors (Lipinski definition) is 3. The predicted octanol–water partition coefficient (Wildman–Crippen LogP) is 3.30. The van der Waals surface area contributed by atoms with E-state index in [2.05, 4.69) is 5.32 Å². The van der Waals surface area contributed by atoms with Gasteiger partial charge in [-0.1, -0.05) is 18.2 Å². The molecular formula is C20H22N2O3. The van der Waals surface area contributed by atoms with Crippen molar-refractivity contribution >= 4 is 23.2 Å². The molecule has 130 valence electrons. The molecule has 0 unspecified atom stereocenters. The van der Waals surface area contributed by atoms with Crippen LogP contribution in [0.1, 0.15) is 17.5 Å². The lowest BCUT2D eigenvalue weighted by Crippen LogP contribution is -2.29. The van der Waals surface area contributed by atoms with Crippen LogP contribution in [0, 0.1) is 19.8 Å². The van der Waals surface area contributed by atoms with E-state index < -0.39 is 0 Å². The number of aryl methyl sites for hydroxylation is 2.